The number of anilines is 1. The van der Waals surface area contributed by atoms with E-state index < -0.39 is 12.0 Å². The van der Waals surface area contributed by atoms with Gasteiger partial charge in [-0.15, -0.1) is 34.9 Å². The molecule has 2 atom stereocenters. The standard InChI is InChI=1S/C17H18N4O4S3/c1-17-8-26-7-13(22)21(17)12(6-28-17)14(23)20-16-19-11(5-27-16)9-3-10(18-4-9)15(24)25-2/h3-5,12,18H,6-8H2,1-2H3,(H,19,20,23). The van der Waals surface area contributed by atoms with Crippen molar-refractivity contribution in [3.8, 4) is 11.3 Å². The number of ether oxygens (including phenoxy) is 1. The SMILES string of the molecule is COC(=O)c1cc(-c2csc(NC(=O)C3CSC4(C)CSCC(=O)N34)n2)c[nH]1. The lowest BCUT2D eigenvalue weighted by Crippen LogP contribution is -2.56. The second kappa shape index (κ2) is 7.45. The molecule has 0 aliphatic carbocycles. The molecule has 2 aliphatic heterocycles. The number of methoxy groups -OCH3 is 1. The molecule has 2 amide bonds. The molecule has 2 aliphatic rings. The number of esters is 1. The van der Waals surface area contributed by atoms with Gasteiger partial charge in [0.1, 0.15) is 11.7 Å². The molecule has 2 saturated heterocycles. The van der Waals surface area contributed by atoms with Gasteiger partial charge in [-0.2, -0.15) is 0 Å². The highest BCUT2D eigenvalue weighted by atomic mass is 32.2. The van der Waals surface area contributed by atoms with Crippen LogP contribution in [0.4, 0.5) is 5.13 Å². The minimum atomic E-state index is -0.492. The van der Waals surface area contributed by atoms with Gasteiger partial charge in [0.05, 0.1) is 23.4 Å². The molecule has 2 N–H and O–H groups in total. The van der Waals surface area contributed by atoms with E-state index >= 15 is 0 Å². The van der Waals surface area contributed by atoms with Crippen LogP contribution in [-0.2, 0) is 14.3 Å². The second-order valence-electron chi connectivity index (χ2n) is 6.58. The quantitative estimate of drug-likeness (QED) is 0.706. The summed E-state index contributed by atoms with van der Waals surface area (Å²) in [5, 5.41) is 5.10. The summed E-state index contributed by atoms with van der Waals surface area (Å²) in [6, 6.07) is 1.16. The van der Waals surface area contributed by atoms with Crippen LogP contribution in [0.2, 0.25) is 0 Å². The van der Waals surface area contributed by atoms with Gasteiger partial charge in [-0.3, -0.25) is 9.59 Å². The fourth-order valence-corrected chi connectivity index (χ4v) is 6.72. The molecule has 4 rings (SSSR count). The van der Waals surface area contributed by atoms with E-state index in [1.54, 1.807) is 46.1 Å². The zero-order chi connectivity index (χ0) is 19.9. The first-order chi connectivity index (χ1) is 13.4. The Morgan fingerprint density at radius 3 is 3.07 bits per heavy atom. The molecule has 2 unspecified atom stereocenters. The Labute approximate surface area is 173 Å². The average molecular weight is 439 g/mol. The van der Waals surface area contributed by atoms with E-state index in [0.717, 1.165) is 11.3 Å². The maximum Gasteiger partial charge on any atom is 0.354 e. The molecular formula is C17H18N4O4S3. The van der Waals surface area contributed by atoms with Crippen LogP contribution in [0.25, 0.3) is 11.3 Å². The number of rotatable bonds is 4. The van der Waals surface area contributed by atoms with E-state index in [2.05, 4.69) is 20.0 Å². The van der Waals surface area contributed by atoms with Crippen molar-refractivity contribution in [3.05, 3.63) is 23.3 Å². The van der Waals surface area contributed by atoms with Gasteiger partial charge in [-0.05, 0) is 13.0 Å². The predicted molar refractivity (Wildman–Crippen MR) is 111 cm³/mol. The van der Waals surface area contributed by atoms with Gasteiger partial charge in [-0.1, -0.05) is 0 Å². The maximum atomic E-state index is 12.8. The van der Waals surface area contributed by atoms with Crippen LogP contribution in [0.15, 0.2) is 17.6 Å². The van der Waals surface area contributed by atoms with E-state index in [-0.39, 0.29) is 16.7 Å². The van der Waals surface area contributed by atoms with Crippen molar-refractivity contribution in [1.29, 1.82) is 0 Å². The van der Waals surface area contributed by atoms with Crippen LogP contribution in [0.1, 0.15) is 17.4 Å². The van der Waals surface area contributed by atoms with Gasteiger partial charge < -0.3 is 19.9 Å². The Hall–Kier alpha value is -1.98. The third-order valence-corrected chi connectivity index (χ3v) is 8.26. The lowest BCUT2D eigenvalue weighted by atomic mass is 10.2. The summed E-state index contributed by atoms with van der Waals surface area (Å²) in [5.74, 6) is 1.14. The van der Waals surface area contributed by atoms with E-state index in [1.165, 1.54) is 18.4 Å². The minimum absolute atomic E-state index is 0.00592. The zero-order valence-electron chi connectivity index (χ0n) is 15.2. The molecule has 11 heteroatoms. The molecule has 8 nitrogen and oxygen atoms in total. The first-order valence-corrected chi connectivity index (χ1v) is 11.5. The topological polar surface area (TPSA) is 104 Å². The molecule has 0 bridgehead atoms. The Morgan fingerprint density at radius 1 is 1.46 bits per heavy atom. The molecule has 2 fully saturated rings. The van der Waals surface area contributed by atoms with Crippen molar-refractivity contribution < 1.29 is 19.1 Å². The highest BCUT2D eigenvalue weighted by Gasteiger charge is 2.51. The fourth-order valence-electron chi connectivity index (χ4n) is 3.29. The minimum Gasteiger partial charge on any atom is -0.464 e. The molecule has 0 saturated carbocycles. The molecule has 2 aromatic rings. The molecule has 28 heavy (non-hydrogen) atoms. The van der Waals surface area contributed by atoms with Crippen LogP contribution in [-0.4, -0.2) is 67.9 Å². The summed E-state index contributed by atoms with van der Waals surface area (Å²) < 4.78 is 4.68. The summed E-state index contributed by atoms with van der Waals surface area (Å²) in [5.41, 5.74) is 1.70. The second-order valence-corrected chi connectivity index (χ2v) is 9.92. The molecular weight excluding hydrogens is 420 g/mol. The Morgan fingerprint density at radius 2 is 2.29 bits per heavy atom. The van der Waals surface area contributed by atoms with Gasteiger partial charge >= 0.3 is 5.97 Å². The number of nitrogens with one attached hydrogen (secondary N) is 2. The van der Waals surface area contributed by atoms with Crippen LogP contribution < -0.4 is 5.32 Å². The highest BCUT2D eigenvalue weighted by Crippen LogP contribution is 2.44. The van der Waals surface area contributed by atoms with E-state index in [1.807, 2.05) is 6.92 Å². The van der Waals surface area contributed by atoms with Gasteiger partial charge in [0.2, 0.25) is 11.8 Å². The summed E-state index contributed by atoms with van der Waals surface area (Å²) >= 11 is 4.56. The Kier molecular flexibility index (Phi) is 5.15. The molecule has 4 heterocycles. The number of amides is 2. The van der Waals surface area contributed by atoms with Gasteiger partial charge in [-0.25, -0.2) is 9.78 Å². The van der Waals surface area contributed by atoms with Crippen LogP contribution in [0, 0.1) is 0 Å². The number of H-pyrrole nitrogens is 1. The molecule has 0 spiro atoms. The molecule has 2 aromatic heterocycles. The molecule has 0 aromatic carbocycles. The summed E-state index contributed by atoms with van der Waals surface area (Å²) in [4.78, 5) is 45.4. The first kappa shape index (κ1) is 19.3. The molecule has 0 radical (unpaired) electrons. The lowest BCUT2D eigenvalue weighted by molar-refractivity contribution is -0.138. The zero-order valence-corrected chi connectivity index (χ0v) is 17.6. The van der Waals surface area contributed by atoms with Crippen molar-refractivity contribution in [1.82, 2.24) is 14.9 Å². The number of hydrogen-bond donors (Lipinski definition) is 2. The Bertz CT molecular complexity index is 942. The number of carbonyl (C=O) groups excluding carboxylic acids is 3. The number of thiazole rings is 1. The van der Waals surface area contributed by atoms with E-state index in [4.69, 9.17) is 0 Å². The van der Waals surface area contributed by atoms with Crippen molar-refractivity contribution in [2.45, 2.75) is 17.8 Å². The lowest BCUT2D eigenvalue weighted by Gasteiger charge is -2.40. The highest BCUT2D eigenvalue weighted by molar-refractivity contribution is 8.04. The van der Waals surface area contributed by atoms with Crippen molar-refractivity contribution in [3.63, 3.8) is 0 Å². The summed E-state index contributed by atoms with van der Waals surface area (Å²) in [7, 11) is 1.32. The van der Waals surface area contributed by atoms with Crippen LogP contribution in [0.3, 0.4) is 0 Å². The van der Waals surface area contributed by atoms with Gasteiger partial charge in [0.25, 0.3) is 0 Å². The maximum absolute atomic E-state index is 12.8. The third-order valence-electron chi connectivity index (χ3n) is 4.66. The predicted octanol–water partition coefficient (Wildman–Crippen LogP) is 2.27. The van der Waals surface area contributed by atoms with E-state index in [9.17, 15) is 14.4 Å². The van der Waals surface area contributed by atoms with Crippen molar-refractivity contribution in [2.75, 3.05) is 29.7 Å². The fraction of sp³-hybridized carbons (Fsp3) is 0.412. The average Bonchev–Trinajstić information content (AvgIpc) is 3.38. The van der Waals surface area contributed by atoms with Gasteiger partial charge in [0, 0.05) is 28.6 Å². The van der Waals surface area contributed by atoms with Crippen molar-refractivity contribution >= 4 is 57.8 Å². The normalized spacial score (nSPS) is 24.1. The van der Waals surface area contributed by atoms with Crippen molar-refractivity contribution in [2.24, 2.45) is 0 Å². The number of hydrogen-bond acceptors (Lipinski definition) is 8. The van der Waals surface area contributed by atoms with Crippen LogP contribution >= 0.6 is 34.9 Å². The molecule has 148 valence electrons. The van der Waals surface area contributed by atoms with Gasteiger partial charge in [0.15, 0.2) is 5.13 Å². The number of aromatic amines is 1. The monoisotopic (exact) mass is 438 g/mol. The Balaban J connectivity index is 1.47. The number of fused-ring (bicyclic) bond motifs is 1. The largest absolute Gasteiger partial charge is 0.464 e. The first-order valence-electron chi connectivity index (χ1n) is 8.48. The number of nitrogens with zero attached hydrogens (tertiary/aromatic N) is 2. The number of aromatic nitrogens is 2. The smallest absolute Gasteiger partial charge is 0.354 e. The number of carbonyl (C=O) groups is 3. The van der Waals surface area contributed by atoms with E-state index in [0.29, 0.717) is 28.0 Å². The summed E-state index contributed by atoms with van der Waals surface area (Å²) in [6.45, 7) is 2.02. The number of thioether (sulfide) groups is 2. The summed E-state index contributed by atoms with van der Waals surface area (Å²) in [6.07, 6.45) is 1.66. The third kappa shape index (κ3) is 3.42. The van der Waals surface area contributed by atoms with Crippen LogP contribution in [0.5, 0.6) is 0 Å².